The maximum atomic E-state index is 12.5. The maximum absolute atomic E-state index is 12.5. The van der Waals surface area contributed by atoms with E-state index < -0.39 is 0 Å². The second-order valence-corrected chi connectivity index (χ2v) is 6.87. The number of amides is 2. The van der Waals surface area contributed by atoms with E-state index in [1.807, 2.05) is 17.0 Å². The SMILES string of the molecule is O=C(NCCCN1CCCCCC1=O)c1cccnc1N1CCCC1. The highest BCUT2D eigenvalue weighted by atomic mass is 16.2. The molecule has 1 aromatic rings. The summed E-state index contributed by atoms with van der Waals surface area (Å²) < 4.78 is 0. The van der Waals surface area contributed by atoms with Crippen LogP contribution in [-0.4, -0.2) is 54.4 Å². The lowest BCUT2D eigenvalue weighted by Crippen LogP contribution is -2.34. The van der Waals surface area contributed by atoms with Crippen LogP contribution >= 0.6 is 0 Å². The van der Waals surface area contributed by atoms with Gasteiger partial charge in [-0.05, 0) is 44.2 Å². The molecular formula is C19H28N4O2. The number of anilines is 1. The van der Waals surface area contributed by atoms with Crippen molar-refractivity contribution in [1.29, 1.82) is 0 Å². The van der Waals surface area contributed by atoms with Crippen LogP contribution in [0, 0.1) is 0 Å². The predicted octanol–water partition coefficient (Wildman–Crippen LogP) is 2.20. The van der Waals surface area contributed by atoms with Gasteiger partial charge in [-0.3, -0.25) is 9.59 Å². The lowest BCUT2D eigenvalue weighted by atomic mass is 10.2. The number of rotatable bonds is 6. The molecule has 0 radical (unpaired) electrons. The van der Waals surface area contributed by atoms with E-state index in [9.17, 15) is 9.59 Å². The third-order valence-electron chi connectivity index (χ3n) is 5.00. The average molecular weight is 344 g/mol. The fraction of sp³-hybridized carbons (Fsp3) is 0.632. The summed E-state index contributed by atoms with van der Waals surface area (Å²) in [6, 6.07) is 3.65. The van der Waals surface area contributed by atoms with E-state index in [0.29, 0.717) is 18.5 Å². The van der Waals surface area contributed by atoms with Gasteiger partial charge in [0.25, 0.3) is 5.91 Å². The molecule has 1 aromatic heterocycles. The highest BCUT2D eigenvalue weighted by Gasteiger charge is 2.20. The summed E-state index contributed by atoms with van der Waals surface area (Å²) in [5, 5.41) is 2.99. The lowest BCUT2D eigenvalue weighted by molar-refractivity contribution is -0.130. The van der Waals surface area contributed by atoms with Gasteiger partial charge in [0, 0.05) is 45.3 Å². The molecule has 0 aromatic carbocycles. The highest BCUT2D eigenvalue weighted by molar-refractivity contribution is 5.98. The van der Waals surface area contributed by atoms with Crippen LogP contribution in [0.5, 0.6) is 0 Å². The molecule has 3 rings (SSSR count). The number of aromatic nitrogens is 1. The van der Waals surface area contributed by atoms with E-state index in [1.54, 1.807) is 6.20 Å². The molecule has 0 aliphatic carbocycles. The summed E-state index contributed by atoms with van der Waals surface area (Å²) in [7, 11) is 0. The summed E-state index contributed by atoms with van der Waals surface area (Å²) in [5.74, 6) is 0.977. The molecule has 2 fully saturated rings. The molecular weight excluding hydrogens is 316 g/mol. The molecule has 6 nitrogen and oxygen atoms in total. The van der Waals surface area contributed by atoms with Crippen molar-refractivity contribution in [2.75, 3.05) is 37.6 Å². The smallest absolute Gasteiger partial charge is 0.255 e. The Bertz CT molecular complexity index is 599. The Labute approximate surface area is 149 Å². The molecule has 2 saturated heterocycles. The van der Waals surface area contributed by atoms with Crippen molar-refractivity contribution in [2.45, 2.75) is 44.9 Å². The number of hydrogen-bond acceptors (Lipinski definition) is 4. The number of hydrogen-bond donors (Lipinski definition) is 1. The summed E-state index contributed by atoms with van der Waals surface area (Å²) in [4.78, 5) is 33.1. The first-order valence-electron chi connectivity index (χ1n) is 9.51. The van der Waals surface area contributed by atoms with Gasteiger partial charge in [-0.1, -0.05) is 6.42 Å². The van der Waals surface area contributed by atoms with Crippen molar-refractivity contribution in [3.8, 4) is 0 Å². The second-order valence-electron chi connectivity index (χ2n) is 6.87. The number of pyridine rings is 1. The summed E-state index contributed by atoms with van der Waals surface area (Å²) in [5.41, 5.74) is 0.648. The zero-order valence-electron chi connectivity index (χ0n) is 14.9. The number of carbonyl (C=O) groups is 2. The summed E-state index contributed by atoms with van der Waals surface area (Å²) in [6.45, 7) is 4.10. The fourth-order valence-electron chi connectivity index (χ4n) is 3.60. The van der Waals surface area contributed by atoms with Crippen molar-refractivity contribution >= 4 is 17.6 Å². The Kier molecular flexibility index (Phi) is 6.25. The van der Waals surface area contributed by atoms with Crippen molar-refractivity contribution < 1.29 is 9.59 Å². The lowest BCUT2D eigenvalue weighted by Gasteiger charge is -2.21. The van der Waals surface area contributed by atoms with E-state index in [-0.39, 0.29) is 11.8 Å². The largest absolute Gasteiger partial charge is 0.356 e. The Hall–Kier alpha value is -2.11. The van der Waals surface area contributed by atoms with Gasteiger partial charge in [-0.25, -0.2) is 4.98 Å². The van der Waals surface area contributed by atoms with E-state index in [0.717, 1.165) is 70.5 Å². The van der Waals surface area contributed by atoms with Gasteiger partial charge in [0.2, 0.25) is 5.91 Å². The van der Waals surface area contributed by atoms with Gasteiger partial charge in [0.1, 0.15) is 5.82 Å². The van der Waals surface area contributed by atoms with E-state index in [2.05, 4.69) is 15.2 Å². The Morgan fingerprint density at radius 3 is 2.76 bits per heavy atom. The van der Waals surface area contributed by atoms with Crippen LogP contribution in [0.1, 0.15) is 55.3 Å². The molecule has 1 N–H and O–H groups in total. The first-order chi connectivity index (χ1) is 12.3. The minimum absolute atomic E-state index is 0.0720. The molecule has 136 valence electrons. The van der Waals surface area contributed by atoms with Crippen LogP contribution in [0.2, 0.25) is 0 Å². The van der Waals surface area contributed by atoms with E-state index in [4.69, 9.17) is 0 Å². The molecule has 2 aliphatic rings. The van der Waals surface area contributed by atoms with Crippen LogP contribution in [0.4, 0.5) is 5.82 Å². The first-order valence-corrected chi connectivity index (χ1v) is 9.51. The van der Waals surface area contributed by atoms with Gasteiger partial charge in [-0.2, -0.15) is 0 Å². The summed E-state index contributed by atoms with van der Waals surface area (Å²) in [6.07, 6.45) is 8.75. The standard InChI is InChI=1S/C19H28N4O2/c24-17-9-2-1-3-12-22(17)15-7-11-21-19(25)16-8-6-10-20-18(16)23-13-4-5-14-23/h6,8,10H,1-5,7,9,11-15H2,(H,21,25). The minimum atomic E-state index is -0.0720. The van der Waals surface area contributed by atoms with Gasteiger partial charge in [0.05, 0.1) is 5.56 Å². The van der Waals surface area contributed by atoms with Gasteiger partial charge < -0.3 is 15.1 Å². The molecule has 25 heavy (non-hydrogen) atoms. The third kappa shape index (κ3) is 4.71. The molecule has 0 saturated carbocycles. The fourth-order valence-corrected chi connectivity index (χ4v) is 3.60. The van der Waals surface area contributed by atoms with E-state index >= 15 is 0 Å². The zero-order valence-corrected chi connectivity index (χ0v) is 14.9. The van der Waals surface area contributed by atoms with Gasteiger partial charge in [0.15, 0.2) is 0 Å². The quantitative estimate of drug-likeness (QED) is 0.804. The van der Waals surface area contributed by atoms with Crippen LogP contribution in [0.25, 0.3) is 0 Å². The minimum Gasteiger partial charge on any atom is -0.356 e. The number of carbonyl (C=O) groups excluding carboxylic acids is 2. The molecule has 3 heterocycles. The third-order valence-corrected chi connectivity index (χ3v) is 5.00. The molecule has 0 spiro atoms. The van der Waals surface area contributed by atoms with E-state index in [1.165, 1.54) is 0 Å². The van der Waals surface area contributed by atoms with Gasteiger partial charge in [-0.15, -0.1) is 0 Å². The number of nitrogens with one attached hydrogen (secondary N) is 1. The molecule has 0 bridgehead atoms. The maximum Gasteiger partial charge on any atom is 0.255 e. The number of likely N-dealkylation sites (tertiary alicyclic amines) is 1. The van der Waals surface area contributed by atoms with Crippen molar-refractivity contribution in [1.82, 2.24) is 15.2 Å². The molecule has 0 atom stereocenters. The topological polar surface area (TPSA) is 65.5 Å². The Morgan fingerprint density at radius 2 is 1.92 bits per heavy atom. The van der Waals surface area contributed by atoms with Crippen molar-refractivity contribution in [3.63, 3.8) is 0 Å². The Balaban J connectivity index is 1.49. The normalized spacial score (nSPS) is 18.3. The van der Waals surface area contributed by atoms with Crippen molar-refractivity contribution in [2.24, 2.45) is 0 Å². The monoisotopic (exact) mass is 344 g/mol. The highest BCUT2D eigenvalue weighted by Crippen LogP contribution is 2.21. The van der Waals surface area contributed by atoms with Gasteiger partial charge >= 0.3 is 0 Å². The second kappa shape index (κ2) is 8.83. The average Bonchev–Trinajstić information content (AvgIpc) is 3.09. The van der Waals surface area contributed by atoms with Crippen molar-refractivity contribution in [3.05, 3.63) is 23.9 Å². The van der Waals surface area contributed by atoms with Crippen LogP contribution in [0.15, 0.2) is 18.3 Å². The van der Waals surface area contributed by atoms with Crippen LogP contribution in [-0.2, 0) is 4.79 Å². The molecule has 0 unspecified atom stereocenters. The first kappa shape index (κ1) is 17.7. The zero-order chi connectivity index (χ0) is 17.5. The molecule has 6 heteroatoms. The molecule has 2 aliphatic heterocycles. The number of nitrogens with zero attached hydrogens (tertiary/aromatic N) is 3. The van der Waals surface area contributed by atoms with Crippen LogP contribution in [0.3, 0.4) is 0 Å². The Morgan fingerprint density at radius 1 is 1.12 bits per heavy atom. The molecule has 2 amide bonds. The van der Waals surface area contributed by atoms with Crippen LogP contribution < -0.4 is 10.2 Å². The summed E-state index contributed by atoms with van der Waals surface area (Å²) >= 11 is 0. The predicted molar refractivity (Wildman–Crippen MR) is 97.7 cm³/mol.